The summed E-state index contributed by atoms with van der Waals surface area (Å²) in [6, 6.07) is 7.56. The second kappa shape index (κ2) is 4.14. The van der Waals surface area contributed by atoms with Crippen LogP contribution in [0.15, 0.2) is 34.9 Å². The molecule has 0 aliphatic heterocycles. The average Bonchev–Trinajstić information content (AvgIpc) is 2.67. The van der Waals surface area contributed by atoms with Crippen molar-refractivity contribution < 1.29 is 9.21 Å². The van der Waals surface area contributed by atoms with Crippen molar-refractivity contribution in [1.29, 1.82) is 0 Å². The summed E-state index contributed by atoms with van der Waals surface area (Å²) in [5.74, 6) is -0.0637. The minimum atomic E-state index is -0.0637. The summed E-state index contributed by atoms with van der Waals surface area (Å²) in [5.41, 5.74) is 6.91. The van der Waals surface area contributed by atoms with E-state index in [2.05, 4.69) is 10.9 Å². The summed E-state index contributed by atoms with van der Waals surface area (Å²) in [4.78, 5) is 11.4. The van der Waals surface area contributed by atoms with Gasteiger partial charge in [0.1, 0.15) is 5.58 Å². The van der Waals surface area contributed by atoms with E-state index in [0.717, 1.165) is 16.5 Å². The normalized spacial score (nSPS) is 10.5. The van der Waals surface area contributed by atoms with Crippen LogP contribution in [0, 0.1) is 0 Å². The largest absolute Gasteiger partial charge is 0.464 e. The average molecular weight is 204 g/mol. The van der Waals surface area contributed by atoms with Gasteiger partial charge in [0.2, 0.25) is 5.91 Å². The van der Waals surface area contributed by atoms with Crippen molar-refractivity contribution in [2.75, 3.05) is 7.05 Å². The third-order valence-corrected chi connectivity index (χ3v) is 2.20. The number of hydrogen-bond acceptors (Lipinski definition) is 3. The molecule has 0 spiro atoms. The highest BCUT2D eigenvalue weighted by Gasteiger charge is 2.07. The Kier molecular flexibility index (Phi) is 2.69. The van der Waals surface area contributed by atoms with E-state index in [4.69, 9.17) is 4.42 Å². The Bertz CT molecular complexity index is 476. The molecule has 1 aromatic heterocycles. The highest BCUT2D eigenvalue weighted by molar-refractivity contribution is 5.87. The lowest BCUT2D eigenvalue weighted by Crippen LogP contribution is -2.35. The molecule has 78 valence electrons. The molecule has 2 rings (SSSR count). The smallest absolute Gasteiger partial charge is 0.238 e. The summed E-state index contributed by atoms with van der Waals surface area (Å²) in [7, 11) is 1.66. The summed E-state index contributed by atoms with van der Waals surface area (Å²) < 4.78 is 5.25. The molecule has 1 amide bonds. The van der Waals surface area contributed by atoms with Crippen LogP contribution in [0.25, 0.3) is 11.0 Å². The fraction of sp³-hybridized carbons (Fsp3) is 0.182. The number of carbonyl (C=O) groups excluding carboxylic acids is 1. The highest BCUT2D eigenvalue weighted by Crippen LogP contribution is 2.19. The summed E-state index contributed by atoms with van der Waals surface area (Å²) in [6.45, 7) is 0. The third kappa shape index (κ3) is 1.99. The van der Waals surface area contributed by atoms with E-state index in [1.54, 1.807) is 13.3 Å². The number of benzene rings is 1. The van der Waals surface area contributed by atoms with E-state index in [1.807, 2.05) is 24.3 Å². The molecule has 0 bridgehead atoms. The van der Waals surface area contributed by atoms with Crippen molar-refractivity contribution >= 4 is 16.9 Å². The summed E-state index contributed by atoms with van der Waals surface area (Å²) in [6.07, 6.45) is 1.97. The lowest BCUT2D eigenvalue weighted by Gasteiger charge is -2.03. The van der Waals surface area contributed by atoms with Crippen LogP contribution >= 0.6 is 0 Å². The first-order chi connectivity index (χ1) is 7.31. The quantitative estimate of drug-likeness (QED) is 0.739. The van der Waals surface area contributed by atoms with E-state index in [1.165, 1.54) is 0 Å². The Labute approximate surface area is 87.2 Å². The lowest BCUT2D eigenvalue weighted by atomic mass is 10.1. The predicted octanol–water partition coefficient (Wildman–Crippen LogP) is 1.23. The number of hydrogen-bond donors (Lipinski definition) is 2. The van der Waals surface area contributed by atoms with Crippen LogP contribution in [0.1, 0.15) is 5.56 Å². The molecule has 0 unspecified atom stereocenters. The van der Waals surface area contributed by atoms with Crippen LogP contribution in [0.5, 0.6) is 0 Å². The molecular weight excluding hydrogens is 192 g/mol. The van der Waals surface area contributed by atoms with Gasteiger partial charge in [0, 0.05) is 12.4 Å². The first-order valence-electron chi connectivity index (χ1n) is 4.72. The number of hydrazine groups is 1. The number of fused-ring (bicyclic) bond motifs is 1. The monoisotopic (exact) mass is 204 g/mol. The van der Waals surface area contributed by atoms with Gasteiger partial charge in [-0.25, -0.2) is 5.43 Å². The molecular formula is C11H12N2O2. The number of furan rings is 1. The van der Waals surface area contributed by atoms with Gasteiger partial charge < -0.3 is 4.42 Å². The zero-order chi connectivity index (χ0) is 10.7. The van der Waals surface area contributed by atoms with Crippen molar-refractivity contribution in [3.8, 4) is 0 Å². The minimum absolute atomic E-state index is 0.0637. The van der Waals surface area contributed by atoms with Crippen molar-refractivity contribution in [2.45, 2.75) is 6.42 Å². The third-order valence-electron chi connectivity index (χ3n) is 2.20. The lowest BCUT2D eigenvalue weighted by molar-refractivity contribution is -0.121. The molecule has 1 aromatic carbocycles. The van der Waals surface area contributed by atoms with Gasteiger partial charge in [0.05, 0.1) is 12.7 Å². The predicted molar refractivity (Wildman–Crippen MR) is 57.1 cm³/mol. The van der Waals surface area contributed by atoms with Gasteiger partial charge in [0.25, 0.3) is 0 Å². The van der Waals surface area contributed by atoms with Gasteiger partial charge >= 0.3 is 0 Å². The zero-order valence-corrected chi connectivity index (χ0v) is 8.41. The second-order valence-electron chi connectivity index (χ2n) is 3.22. The first kappa shape index (κ1) is 9.73. The molecule has 15 heavy (non-hydrogen) atoms. The molecule has 0 fully saturated rings. The topological polar surface area (TPSA) is 54.3 Å². The summed E-state index contributed by atoms with van der Waals surface area (Å²) in [5, 5.41) is 0.990. The van der Waals surface area contributed by atoms with Gasteiger partial charge in [-0.3, -0.25) is 10.2 Å². The van der Waals surface area contributed by atoms with Crippen LogP contribution in [0.2, 0.25) is 0 Å². The van der Waals surface area contributed by atoms with E-state index in [9.17, 15) is 4.79 Å². The fourth-order valence-corrected chi connectivity index (χ4v) is 1.57. The van der Waals surface area contributed by atoms with Crippen LogP contribution in [0.3, 0.4) is 0 Å². The molecule has 4 nitrogen and oxygen atoms in total. The number of nitrogens with one attached hydrogen (secondary N) is 2. The van der Waals surface area contributed by atoms with Crippen LogP contribution in [-0.4, -0.2) is 13.0 Å². The van der Waals surface area contributed by atoms with Gasteiger partial charge in [-0.15, -0.1) is 0 Å². The standard InChI is InChI=1S/C11H12N2O2/c1-12-13-11(14)7-8-3-2-4-10-9(8)5-6-15-10/h2-6,12H,7H2,1H3,(H,13,14). The molecule has 2 aromatic rings. The van der Waals surface area contributed by atoms with Crippen molar-refractivity contribution in [2.24, 2.45) is 0 Å². The van der Waals surface area contributed by atoms with Gasteiger partial charge in [0.15, 0.2) is 0 Å². The van der Waals surface area contributed by atoms with Crippen LogP contribution in [-0.2, 0) is 11.2 Å². The first-order valence-corrected chi connectivity index (χ1v) is 4.72. The van der Waals surface area contributed by atoms with E-state index in [-0.39, 0.29) is 5.91 Å². The molecule has 2 N–H and O–H groups in total. The summed E-state index contributed by atoms with van der Waals surface area (Å²) >= 11 is 0. The van der Waals surface area contributed by atoms with Crippen LogP contribution < -0.4 is 10.9 Å². The molecule has 4 heteroatoms. The fourth-order valence-electron chi connectivity index (χ4n) is 1.57. The highest BCUT2D eigenvalue weighted by atomic mass is 16.3. The Morgan fingerprint density at radius 3 is 3.07 bits per heavy atom. The van der Waals surface area contributed by atoms with Crippen molar-refractivity contribution in [3.63, 3.8) is 0 Å². The molecule has 0 atom stereocenters. The Morgan fingerprint density at radius 1 is 1.40 bits per heavy atom. The van der Waals surface area contributed by atoms with E-state index < -0.39 is 0 Å². The van der Waals surface area contributed by atoms with E-state index >= 15 is 0 Å². The maximum atomic E-state index is 11.4. The maximum absolute atomic E-state index is 11.4. The molecule has 0 aliphatic carbocycles. The van der Waals surface area contributed by atoms with Gasteiger partial charge in [-0.1, -0.05) is 12.1 Å². The van der Waals surface area contributed by atoms with Gasteiger partial charge in [-0.05, 0) is 17.7 Å². The molecule has 0 radical (unpaired) electrons. The van der Waals surface area contributed by atoms with Crippen molar-refractivity contribution in [3.05, 3.63) is 36.1 Å². The number of amides is 1. The SMILES string of the molecule is CNNC(=O)Cc1cccc2occc12. The maximum Gasteiger partial charge on any atom is 0.238 e. The zero-order valence-electron chi connectivity index (χ0n) is 8.41. The molecule has 0 aliphatic rings. The van der Waals surface area contributed by atoms with Crippen molar-refractivity contribution in [1.82, 2.24) is 10.9 Å². The Balaban J connectivity index is 2.27. The number of rotatable bonds is 3. The molecule has 0 saturated heterocycles. The Morgan fingerprint density at radius 2 is 2.27 bits per heavy atom. The van der Waals surface area contributed by atoms with E-state index in [0.29, 0.717) is 6.42 Å². The molecule has 0 saturated carbocycles. The van der Waals surface area contributed by atoms with Crippen LogP contribution in [0.4, 0.5) is 0 Å². The van der Waals surface area contributed by atoms with Gasteiger partial charge in [-0.2, -0.15) is 0 Å². The second-order valence-corrected chi connectivity index (χ2v) is 3.22. The minimum Gasteiger partial charge on any atom is -0.464 e. The number of carbonyl (C=O) groups is 1. The molecule has 1 heterocycles. The Hall–Kier alpha value is -1.81.